The number of nitrogens with one attached hydrogen (secondary N) is 1. The van der Waals surface area contributed by atoms with Crippen LogP contribution in [0, 0.1) is 0 Å². The Bertz CT molecular complexity index is 385. The molecule has 2 rings (SSSR count). The Kier molecular flexibility index (Phi) is 4.31. The van der Waals surface area contributed by atoms with E-state index >= 15 is 0 Å². The fourth-order valence-electron chi connectivity index (χ4n) is 2.59. The molecule has 1 aromatic heterocycles. The molecule has 0 saturated heterocycles. The van der Waals surface area contributed by atoms with Crippen molar-refractivity contribution in [2.24, 2.45) is 0 Å². The first-order chi connectivity index (χ1) is 8.72. The van der Waals surface area contributed by atoms with Gasteiger partial charge in [-0.25, -0.2) is 0 Å². The van der Waals surface area contributed by atoms with E-state index in [1.807, 2.05) is 31.1 Å². The lowest BCUT2D eigenvalue weighted by atomic mass is 9.90. The Morgan fingerprint density at radius 2 is 2.06 bits per heavy atom. The van der Waals surface area contributed by atoms with Gasteiger partial charge in [0.15, 0.2) is 0 Å². The second-order valence-electron chi connectivity index (χ2n) is 4.93. The molecule has 18 heavy (non-hydrogen) atoms. The first-order valence-corrected chi connectivity index (χ1v) is 6.58. The van der Waals surface area contributed by atoms with E-state index in [-0.39, 0.29) is 5.91 Å². The van der Waals surface area contributed by atoms with Crippen LogP contribution < -0.4 is 5.32 Å². The zero-order valence-corrected chi connectivity index (χ0v) is 11.1. The lowest BCUT2D eigenvalue weighted by molar-refractivity contribution is 0.0680. The number of nitrogens with zero attached hydrogens (tertiary/aromatic N) is 2. The zero-order valence-electron chi connectivity index (χ0n) is 11.1. The van der Waals surface area contributed by atoms with Gasteiger partial charge in [-0.1, -0.05) is 6.07 Å². The van der Waals surface area contributed by atoms with Gasteiger partial charge in [-0.3, -0.25) is 9.78 Å². The molecule has 1 aliphatic carbocycles. The molecular formula is C14H21N3O. The van der Waals surface area contributed by atoms with Crippen molar-refractivity contribution in [2.75, 3.05) is 14.1 Å². The van der Waals surface area contributed by atoms with Crippen LogP contribution in [0.4, 0.5) is 0 Å². The third-order valence-corrected chi connectivity index (χ3v) is 3.86. The number of carbonyl (C=O) groups excluding carboxylic acids is 1. The molecule has 0 radical (unpaired) electrons. The van der Waals surface area contributed by atoms with Crippen molar-refractivity contribution in [2.45, 2.75) is 37.8 Å². The van der Waals surface area contributed by atoms with Gasteiger partial charge in [0.2, 0.25) is 0 Å². The van der Waals surface area contributed by atoms with Gasteiger partial charge in [0, 0.05) is 25.3 Å². The Morgan fingerprint density at radius 1 is 1.33 bits per heavy atom. The van der Waals surface area contributed by atoms with Crippen LogP contribution >= 0.6 is 0 Å². The highest BCUT2D eigenvalue weighted by Crippen LogP contribution is 2.23. The molecule has 1 saturated carbocycles. The van der Waals surface area contributed by atoms with Crippen LogP contribution in [-0.2, 0) is 0 Å². The normalized spacial score (nSPS) is 23.7. The largest absolute Gasteiger partial charge is 0.337 e. The van der Waals surface area contributed by atoms with Crippen molar-refractivity contribution in [3.05, 3.63) is 30.1 Å². The van der Waals surface area contributed by atoms with E-state index < -0.39 is 0 Å². The SMILES string of the molecule is CNC1CCC(N(C)C(=O)c2ccccn2)CC1. The smallest absolute Gasteiger partial charge is 0.272 e. The van der Waals surface area contributed by atoms with E-state index in [1.54, 1.807) is 12.3 Å². The first kappa shape index (κ1) is 13.0. The minimum atomic E-state index is 0.0310. The molecular weight excluding hydrogens is 226 g/mol. The van der Waals surface area contributed by atoms with E-state index in [0.29, 0.717) is 17.8 Å². The summed E-state index contributed by atoms with van der Waals surface area (Å²) in [5.74, 6) is 0.0310. The van der Waals surface area contributed by atoms with Gasteiger partial charge in [-0.05, 0) is 44.9 Å². The minimum absolute atomic E-state index is 0.0310. The third kappa shape index (κ3) is 2.88. The monoisotopic (exact) mass is 247 g/mol. The molecule has 1 N–H and O–H groups in total. The Labute approximate surface area is 108 Å². The summed E-state index contributed by atoms with van der Waals surface area (Å²) in [5.41, 5.74) is 0.538. The second-order valence-corrected chi connectivity index (χ2v) is 4.93. The molecule has 98 valence electrons. The number of rotatable bonds is 3. The number of amides is 1. The van der Waals surface area contributed by atoms with E-state index in [0.717, 1.165) is 25.7 Å². The molecule has 1 amide bonds. The van der Waals surface area contributed by atoms with Crippen molar-refractivity contribution in [3.63, 3.8) is 0 Å². The number of aromatic nitrogens is 1. The summed E-state index contributed by atoms with van der Waals surface area (Å²) >= 11 is 0. The summed E-state index contributed by atoms with van der Waals surface area (Å²) in [5, 5.41) is 3.31. The maximum absolute atomic E-state index is 12.2. The maximum Gasteiger partial charge on any atom is 0.272 e. The van der Waals surface area contributed by atoms with Gasteiger partial charge in [0.05, 0.1) is 0 Å². The van der Waals surface area contributed by atoms with E-state index in [1.165, 1.54) is 0 Å². The molecule has 1 aliphatic rings. The number of carbonyl (C=O) groups is 1. The number of pyridine rings is 1. The van der Waals surface area contributed by atoms with Crippen LogP contribution in [0.25, 0.3) is 0 Å². The summed E-state index contributed by atoms with van der Waals surface area (Å²) in [6, 6.07) is 6.42. The van der Waals surface area contributed by atoms with Crippen LogP contribution in [0.2, 0.25) is 0 Å². The third-order valence-electron chi connectivity index (χ3n) is 3.86. The highest BCUT2D eigenvalue weighted by molar-refractivity contribution is 5.92. The minimum Gasteiger partial charge on any atom is -0.337 e. The average Bonchev–Trinajstić information content (AvgIpc) is 2.47. The number of hydrogen-bond donors (Lipinski definition) is 1. The molecule has 0 bridgehead atoms. The maximum atomic E-state index is 12.2. The Balaban J connectivity index is 1.96. The Hall–Kier alpha value is -1.42. The van der Waals surface area contributed by atoms with Crippen LogP contribution in [0.1, 0.15) is 36.2 Å². The van der Waals surface area contributed by atoms with E-state index in [4.69, 9.17) is 0 Å². The van der Waals surface area contributed by atoms with E-state index in [9.17, 15) is 4.79 Å². The summed E-state index contributed by atoms with van der Waals surface area (Å²) in [7, 11) is 3.90. The predicted molar refractivity (Wildman–Crippen MR) is 71.4 cm³/mol. The first-order valence-electron chi connectivity index (χ1n) is 6.58. The molecule has 0 aliphatic heterocycles. The van der Waals surface area contributed by atoms with Gasteiger partial charge < -0.3 is 10.2 Å². The fourth-order valence-corrected chi connectivity index (χ4v) is 2.59. The quantitative estimate of drug-likeness (QED) is 0.884. The zero-order chi connectivity index (χ0) is 13.0. The predicted octanol–water partition coefficient (Wildman–Crippen LogP) is 1.68. The molecule has 4 heteroatoms. The van der Waals surface area contributed by atoms with E-state index in [2.05, 4.69) is 10.3 Å². The molecule has 1 heterocycles. The highest BCUT2D eigenvalue weighted by atomic mass is 16.2. The summed E-state index contributed by atoms with van der Waals surface area (Å²) in [4.78, 5) is 18.2. The molecule has 4 nitrogen and oxygen atoms in total. The van der Waals surface area contributed by atoms with Gasteiger partial charge in [-0.2, -0.15) is 0 Å². The van der Waals surface area contributed by atoms with Crippen molar-refractivity contribution < 1.29 is 4.79 Å². The standard InChI is InChI=1S/C14H21N3O/c1-15-11-6-8-12(9-7-11)17(2)14(18)13-5-3-4-10-16-13/h3-5,10-12,15H,6-9H2,1-2H3. The van der Waals surface area contributed by atoms with Crippen molar-refractivity contribution in [3.8, 4) is 0 Å². The van der Waals surface area contributed by atoms with Gasteiger partial charge in [0.1, 0.15) is 5.69 Å². The molecule has 1 aromatic rings. The number of hydrogen-bond acceptors (Lipinski definition) is 3. The van der Waals surface area contributed by atoms with Crippen LogP contribution in [-0.4, -0.2) is 42.0 Å². The fraction of sp³-hybridized carbons (Fsp3) is 0.571. The molecule has 0 aromatic carbocycles. The topological polar surface area (TPSA) is 45.2 Å². The van der Waals surface area contributed by atoms with Crippen LogP contribution in [0.15, 0.2) is 24.4 Å². The molecule has 0 spiro atoms. The van der Waals surface area contributed by atoms with Gasteiger partial charge in [-0.15, -0.1) is 0 Å². The van der Waals surface area contributed by atoms with Crippen LogP contribution in [0.3, 0.4) is 0 Å². The van der Waals surface area contributed by atoms with Crippen molar-refractivity contribution in [1.82, 2.24) is 15.2 Å². The second kappa shape index (κ2) is 5.96. The lowest BCUT2D eigenvalue weighted by Gasteiger charge is -2.34. The summed E-state index contributed by atoms with van der Waals surface area (Å²) in [6.07, 6.45) is 6.09. The molecule has 0 atom stereocenters. The van der Waals surface area contributed by atoms with Gasteiger partial charge in [0.25, 0.3) is 5.91 Å². The van der Waals surface area contributed by atoms with Crippen molar-refractivity contribution in [1.29, 1.82) is 0 Å². The Morgan fingerprint density at radius 3 is 2.61 bits per heavy atom. The summed E-state index contributed by atoms with van der Waals surface area (Å²) < 4.78 is 0. The lowest BCUT2D eigenvalue weighted by Crippen LogP contribution is -2.42. The average molecular weight is 247 g/mol. The van der Waals surface area contributed by atoms with Crippen molar-refractivity contribution >= 4 is 5.91 Å². The summed E-state index contributed by atoms with van der Waals surface area (Å²) in [6.45, 7) is 0. The van der Waals surface area contributed by atoms with Crippen LogP contribution in [0.5, 0.6) is 0 Å². The highest BCUT2D eigenvalue weighted by Gasteiger charge is 2.26. The molecule has 0 unspecified atom stereocenters. The van der Waals surface area contributed by atoms with Gasteiger partial charge >= 0.3 is 0 Å². The molecule has 1 fully saturated rings.